The Morgan fingerprint density at radius 1 is 1.14 bits per heavy atom. The van der Waals surface area contributed by atoms with E-state index < -0.39 is 0 Å². The molecule has 3 heteroatoms. The van der Waals surface area contributed by atoms with Gasteiger partial charge in [0.25, 0.3) is 0 Å². The predicted octanol–water partition coefficient (Wildman–Crippen LogP) is 0.584. The van der Waals surface area contributed by atoms with Gasteiger partial charge < -0.3 is 10.4 Å². The Morgan fingerprint density at radius 2 is 1.86 bits per heavy atom. The van der Waals surface area contributed by atoms with Crippen molar-refractivity contribution in [2.45, 2.75) is 50.3 Å². The smallest absolute Gasteiger partial charge is 0.0679 e. The van der Waals surface area contributed by atoms with E-state index in [1.165, 1.54) is 25.7 Å². The summed E-state index contributed by atoms with van der Waals surface area (Å²) in [5.41, 5.74) is 0. The summed E-state index contributed by atoms with van der Waals surface area (Å²) in [6.45, 7) is 2.02. The van der Waals surface area contributed by atoms with Crippen molar-refractivity contribution in [3.63, 3.8) is 0 Å². The highest BCUT2D eigenvalue weighted by Gasteiger charge is 2.29. The molecular formula is C11H22N2O. The fraction of sp³-hybridized carbons (Fsp3) is 1.00. The van der Waals surface area contributed by atoms with Crippen LogP contribution in [0.15, 0.2) is 0 Å². The Labute approximate surface area is 86.5 Å². The van der Waals surface area contributed by atoms with Crippen molar-refractivity contribution in [1.82, 2.24) is 10.2 Å². The topological polar surface area (TPSA) is 35.5 Å². The minimum Gasteiger partial charge on any atom is -0.392 e. The van der Waals surface area contributed by atoms with E-state index >= 15 is 0 Å². The Morgan fingerprint density at radius 3 is 2.36 bits per heavy atom. The number of nitrogens with one attached hydrogen (secondary N) is 1. The van der Waals surface area contributed by atoms with E-state index in [9.17, 15) is 5.11 Å². The van der Waals surface area contributed by atoms with Gasteiger partial charge in [-0.15, -0.1) is 0 Å². The van der Waals surface area contributed by atoms with Crippen LogP contribution in [0.4, 0.5) is 0 Å². The van der Waals surface area contributed by atoms with Gasteiger partial charge >= 0.3 is 0 Å². The minimum absolute atomic E-state index is 0.0583. The molecule has 1 saturated carbocycles. The van der Waals surface area contributed by atoms with Gasteiger partial charge in [-0.05, 0) is 39.2 Å². The van der Waals surface area contributed by atoms with E-state index in [1.807, 2.05) is 0 Å². The lowest BCUT2D eigenvalue weighted by Crippen LogP contribution is -2.40. The highest BCUT2D eigenvalue weighted by Crippen LogP contribution is 2.25. The van der Waals surface area contributed by atoms with Gasteiger partial charge in [-0.1, -0.05) is 0 Å². The largest absolute Gasteiger partial charge is 0.392 e. The summed E-state index contributed by atoms with van der Waals surface area (Å²) >= 11 is 0. The third kappa shape index (κ3) is 2.27. The van der Waals surface area contributed by atoms with Crippen molar-refractivity contribution in [2.75, 3.05) is 20.1 Å². The second-order valence-electron chi connectivity index (χ2n) is 4.73. The molecule has 0 unspecified atom stereocenters. The molecule has 1 aliphatic heterocycles. The quantitative estimate of drug-likeness (QED) is 0.681. The molecule has 1 atom stereocenters. The predicted molar refractivity (Wildman–Crippen MR) is 57.3 cm³/mol. The summed E-state index contributed by atoms with van der Waals surface area (Å²) in [4.78, 5) is 2.48. The third-order valence-electron chi connectivity index (χ3n) is 3.82. The van der Waals surface area contributed by atoms with Gasteiger partial charge in [0.05, 0.1) is 6.10 Å². The van der Waals surface area contributed by atoms with Gasteiger partial charge in [-0.25, -0.2) is 0 Å². The zero-order valence-corrected chi connectivity index (χ0v) is 9.08. The van der Waals surface area contributed by atoms with Gasteiger partial charge in [0.15, 0.2) is 0 Å². The number of aliphatic hydroxyl groups excluding tert-OH is 1. The average Bonchev–Trinajstić information content (AvgIpc) is 2.65. The Bertz CT molecular complexity index is 178. The maximum absolute atomic E-state index is 9.47. The molecule has 2 N–H and O–H groups in total. The van der Waals surface area contributed by atoms with Crippen LogP contribution in [-0.2, 0) is 0 Å². The molecule has 1 heterocycles. The molecule has 14 heavy (non-hydrogen) atoms. The molecule has 2 fully saturated rings. The van der Waals surface area contributed by atoms with Gasteiger partial charge in [-0.3, -0.25) is 4.90 Å². The van der Waals surface area contributed by atoms with Crippen molar-refractivity contribution < 1.29 is 5.11 Å². The molecule has 0 spiro atoms. The van der Waals surface area contributed by atoms with E-state index in [1.54, 1.807) is 0 Å². The first kappa shape index (κ1) is 10.4. The highest BCUT2D eigenvalue weighted by molar-refractivity contribution is 4.86. The molecule has 2 rings (SSSR count). The summed E-state index contributed by atoms with van der Waals surface area (Å²) in [6.07, 6.45) is 6.13. The van der Waals surface area contributed by atoms with Crippen LogP contribution in [0.3, 0.4) is 0 Å². The first-order valence-corrected chi connectivity index (χ1v) is 5.89. The first-order valence-electron chi connectivity index (χ1n) is 5.89. The van der Waals surface area contributed by atoms with Crippen LogP contribution < -0.4 is 5.32 Å². The summed E-state index contributed by atoms with van der Waals surface area (Å²) in [5, 5.41) is 12.8. The number of β-amino-alcohol motifs (C(OH)–C–C–N with tert-alkyl or cyclic N) is 1. The van der Waals surface area contributed by atoms with Crippen LogP contribution in [0.25, 0.3) is 0 Å². The van der Waals surface area contributed by atoms with Crippen molar-refractivity contribution in [3.8, 4) is 0 Å². The number of hydrogen-bond acceptors (Lipinski definition) is 3. The lowest BCUT2D eigenvalue weighted by molar-refractivity contribution is 0.136. The van der Waals surface area contributed by atoms with Crippen LogP contribution in [0.5, 0.6) is 0 Å². The van der Waals surface area contributed by atoms with Crippen LogP contribution in [-0.4, -0.2) is 48.3 Å². The normalized spacial score (nSPS) is 40.3. The number of nitrogens with zero attached hydrogens (tertiary/aromatic N) is 1. The lowest BCUT2D eigenvalue weighted by Gasteiger charge is -2.34. The fourth-order valence-corrected chi connectivity index (χ4v) is 2.83. The molecule has 0 radical (unpaired) electrons. The molecule has 1 saturated heterocycles. The summed E-state index contributed by atoms with van der Waals surface area (Å²) < 4.78 is 0. The van der Waals surface area contributed by atoms with E-state index in [0.717, 1.165) is 31.6 Å². The minimum atomic E-state index is -0.0583. The summed E-state index contributed by atoms with van der Waals surface area (Å²) in [6, 6.07) is 1.48. The Balaban J connectivity index is 1.78. The molecule has 2 aliphatic rings. The van der Waals surface area contributed by atoms with Gasteiger partial charge in [0.2, 0.25) is 0 Å². The molecule has 3 nitrogen and oxygen atoms in total. The standard InChI is InChI=1S/C11H22N2O/c1-12-9-2-4-10(5-3-9)13-7-6-11(14)8-13/h9-12,14H,2-8H2,1H3/t9-,10-,11-/m0/s1. The van der Waals surface area contributed by atoms with Crippen LogP contribution in [0.1, 0.15) is 32.1 Å². The van der Waals surface area contributed by atoms with Gasteiger partial charge in [-0.2, -0.15) is 0 Å². The lowest BCUT2D eigenvalue weighted by atomic mass is 9.90. The zero-order chi connectivity index (χ0) is 9.97. The maximum Gasteiger partial charge on any atom is 0.0679 e. The fourth-order valence-electron chi connectivity index (χ4n) is 2.83. The van der Waals surface area contributed by atoms with E-state index in [-0.39, 0.29) is 6.10 Å². The van der Waals surface area contributed by atoms with Crippen LogP contribution in [0.2, 0.25) is 0 Å². The highest BCUT2D eigenvalue weighted by atomic mass is 16.3. The molecule has 0 aromatic heterocycles. The zero-order valence-electron chi connectivity index (χ0n) is 9.08. The van der Waals surface area contributed by atoms with E-state index in [2.05, 4.69) is 17.3 Å². The second kappa shape index (κ2) is 4.60. The van der Waals surface area contributed by atoms with Crippen molar-refractivity contribution in [1.29, 1.82) is 0 Å². The van der Waals surface area contributed by atoms with Crippen molar-refractivity contribution >= 4 is 0 Å². The molecule has 82 valence electrons. The molecular weight excluding hydrogens is 176 g/mol. The monoisotopic (exact) mass is 198 g/mol. The van der Waals surface area contributed by atoms with Gasteiger partial charge in [0, 0.05) is 25.2 Å². The Hall–Kier alpha value is -0.120. The molecule has 0 bridgehead atoms. The molecule has 0 aromatic rings. The van der Waals surface area contributed by atoms with Crippen LogP contribution in [0, 0.1) is 0 Å². The number of aliphatic hydroxyl groups is 1. The molecule has 0 aromatic carbocycles. The summed E-state index contributed by atoms with van der Waals surface area (Å²) in [7, 11) is 2.06. The maximum atomic E-state index is 9.47. The van der Waals surface area contributed by atoms with Crippen molar-refractivity contribution in [2.24, 2.45) is 0 Å². The summed E-state index contributed by atoms with van der Waals surface area (Å²) in [5.74, 6) is 0. The molecule has 1 aliphatic carbocycles. The third-order valence-corrected chi connectivity index (χ3v) is 3.82. The van der Waals surface area contributed by atoms with Crippen molar-refractivity contribution in [3.05, 3.63) is 0 Å². The SMILES string of the molecule is CN[C@H]1CC[C@H](N2CC[C@H](O)C2)CC1. The number of rotatable bonds is 2. The first-order chi connectivity index (χ1) is 6.79. The molecule has 0 amide bonds. The average molecular weight is 198 g/mol. The number of likely N-dealkylation sites (tertiary alicyclic amines) is 1. The van der Waals surface area contributed by atoms with E-state index in [0.29, 0.717) is 0 Å². The second-order valence-corrected chi connectivity index (χ2v) is 4.73. The van der Waals surface area contributed by atoms with E-state index in [4.69, 9.17) is 0 Å². The number of hydrogen-bond donors (Lipinski definition) is 2. The van der Waals surface area contributed by atoms with Crippen LogP contribution >= 0.6 is 0 Å². The Kier molecular flexibility index (Phi) is 3.42. The van der Waals surface area contributed by atoms with Gasteiger partial charge in [0.1, 0.15) is 0 Å².